The number of carbonyl (C=O) groups excluding carboxylic acids is 1. The topological polar surface area (TPSA) is 41.6 Å². The van der Waals surface area contributed by atoms with Crippen LogP contribution in [-0.4, -0.2) is 50.2 Å². The fourth-order valence-corrected chi connectivity index (χ4v) is 3.45. The number of nitrogens with one attached hydrogen (secondary N) is 1. The maximum Gasteiger partial charge on any atom is 0.248 e. The van der Waals surface area contributed by atoms with Crippen molar-refractivity contribution < 1.29 is 9.53 Å². The second-order valence-electron chi connectivity index (χ2n) is 6.35. The van der Waals surface area contributed by atoms with Gasteiger partial charge in [-0.1, -0.05) is 25.7 Å². The number of ether oxygens (including phenoxy) is 1. The molecule has 0 atom stereocenters. The number of hydrogen-bond donors (Lipinski definition) is 1. The van der Waals surface area contributed by atoms with E-state index in [-0.39, 0.29) is 12.5 Å². The van der Waals surface area contributed by atoms with Gasteiger partial charge in [0.25, 0.3) is 0 Å². The molecule has 1 saturated heterocycles. The molecule has 4 heteroatoms. The van der Waals surface area contributed by atoms with E-state index in [4.69, 9.17) is 4.74 Å². The molecule has 0 unspecified atom stereocenters. The molecule has 1 heterocycles. The summed E-state index contributed by atoms with van der Waals surface area (Å²) < 4.78 is 4.92. The average Bonchev–Trinajstić information content (AvgIpc) is 2.74. The summed E-state index contributed by atoms with van der Waals surface area (Å²) >= 11 is 0. The first-order valence-electron chi connectivity index (χ1n) is 8.29. The van der Waals surface area contributed by atoms with Crippen molar-refractivity contribution in [2.24, 2.45) is 5.92 Å². The molecule has 1 aliphatic carbocycles. The van der Waals surface area contributed by atoms with Crippen LogP contribution < -0.4 is 5.32 Å². The Labute approximate surface area is 123 Å². The Kier molecular flexibility index (Phi) is 6.80. The second kappa shape index (κ2) is 8.63. The van der Waals surface area contributed by atoms with Crippen LogP contribution in [0.5, 0.6) is 0 Å². The van der Waals surface area contributed by atoms with Gasteiger partial charge < -0.3 is 15.0 Å². The lowest BCUT2D eigenvalue weighted by atomic mass is 9.98. The minimum Gasteiger partial charge on any atom is -0.375 e. The number of carbonyl (C=O) groups is 1. The third-order valence-corrected chi connectivity index (χ3v) is 4.79. The van der Waals surface area contributed by atoms with Gasteiger partial charge >= 0.3 is 0 Å². The van der Waals surface area contributed by atoms with Gasteiger partial charge in [0.2, 0.25) is 5.91 Å². The zero-order valence-corrected chi connectivity index (χ0v) is 12.9. The molecule has 0 radical (unpaired) electrons. The average molecular weight is 282 g/mol. The van der Waals surface area contributed by atoms with Crippen molar-refractivity contribution in [1.29, 1.82) is 0 Å². The van der Waals surface area contributed by atoms with E-state index in [9.17, 15) is 4.79 Å². The zero-order valence-electron chi connectivity index (χ0n) is 12.9. The van der Waals surface area contributed by atoms with Gasteiger partial charge in [-0.05, 0) is 38.1 Å². The smallest absolute Gasteiger partial charge is 0.248 e. The molecule has 20 heavy (non-hydrogen) atoms. The number of likely N-dealkylation sites (tertiary alicyclic amines) is 1. The van der Waals surface area contributed by atoms with Crippen LogP contribution in [0.15, 0.2) is 0 Å². The lowest BCUT2D eigenvalue weighted by Crippen LogP contribution is -2.46. The highest BCUT2D eigenvalue weighted by atomic mass is 16.5. The van der Waals surface area contributed by atoms with Crippen molar-refractivity contribution in [1.82, 2.24) is 10.2 Å². The molecule has 2 aliphatic rings. The summed E-state index contributed by atoms with van der Waals surface area (Å²) in [6.07, 6.45) is 10.7. The van der Waals surface area contributed by atoms with E-state index in [0.29, 0.717) is 6.04 Å². The number of nitrogens with zero attached hydrogens (tertiary/aromatic N) is 1. The van der Waals surface area contributed by atoms with E-state index < -0.39 is 0 Å². The first-order valence-corrected chi connectivity index (χ1v) is 8.29. The normalized spacial score (nSPS) is 22.8. The molecule has 2 rings (SSSR count). The molecule has 2 fully saturated rings. The van der Waals surface area contributed by atoms with Gasteiger partial charge in [0.05, 0.1) is 0 Å². The van der Waals surface area contributed by atoms with Crippen molar-refractivity contribution in [2.45, 2.75) is 57.4 Å². The Balaban J connectivity index is 1.62. The molecule has 116 valence electrons. The Morgan fingerprint density at radius 2 is 1.75 bits per heavy atom. The minimum atomic E-state index is 0.134. The number of piperidine rings is 1. The van der Waals surface area contributed by atoms with Crippen molar-refractivity contribution >= 4 is 5.91 Å². The molecule has 1 N–H and O–H groups in total. The molecule has 0 aromatic rings. The van der Waals surface area contributed by atoms with Crippen molar-refractivity contribution in [3.05, 3.63) is 0 Å². The maximum atomic E-state index is 11.7. The van der Waals surface area contributed by atoms with E-state index in [2.05, 4.69) is 5.32 Å². The fourth-order valence-electron chi connectivity index (χ4n) is 3.45. The lowest BCUT2D eigenvalue weighted by molar-refractivity contribution is -0.136. The van der Waals surface area contributed by atoms with Gasteiger partial charge in [-0.2, -0.15) is 0 Å². The first-order chi connectivity index (χ1) is 9.79. The molecule has 1 amide bonds. The summed E-state index contributed by atoms with van der Waals surface area (Å²) in [5.74, 6) is 1.01. The second-order valence-corrected chi connectivity index (χ2v) is 6.35. The highest BCUT2D eigenvalue weighted by molar-refractivity contribution is 5.77. The largest absolute Gasteiger partial charge is 0.375 e. The molecule has 1 aliphatic heterocycles. The number of amides is 1. The molecule has 0 spiro atoms. The van der Waals surface area contributed by atoms with E-state index >= 15 is 0 Å². The molecule has 0 aromatic heterocycles. The third kappa shape index (κ3) is 5.06. The standard InChI is InChI=1S/C16H30N2O2/c1-20-13-16(19)18-10-8-15(9-11-18)17-12-14-6-4-2-3-5-7-14/h14-15,17H,2-13H2,1H3. The maximum absolute atomic E-state index is 11.7. The molecule has 1 saturated carbocycles. The van der Waals surface area contributed by atoms with Crippen molar-refractivity contribution in [3.8, 4) is 0 Å². The Hall–Kier alpha value is -0.610. The van der Waals surface area contributed by atoms with Gasteiger partial charge in [-0.3, -0.25) is 4.79 Å². The Morgan fingerprint density at radius 1 is 1.10 bits per heavy atom. The number of methoxy groups -OCH3 is 1. The SMILES string of the molecule is COCC(=O)N1CCC(NCC2CCCCCC2)CC1. The van der Waals surface area contributed by atoms with E-state index in [1.807, 2.05) is 4.90 Å². The third-order valence-electron chi connectivity index (χ3n) is 4.79. The first kappa shape index (κ1) is 15.8. The van der Waals surface area contributed by atoms with Gasteiger partial charge in [-0.15, -0.1) is 0 Å². The van der Waals surface area contributed by atoms with E-state index in [1.165, 1.54) is 45.1 Å². The number of hydrogen-bond acceptors (Lipinski definition) is 3. The summed E-state index contributed by atoms with van der Waals surface area (Å²) in [5.41, 5.74) is 0. The predicted octanol–water partition coefficient (Wildman–Crippen LogP) is 2.18. The van der Waals surface area contributed by atoms with Crippen LogP contribution in [0.3, 0.4) is 0 Å². The predicted molar refractivity (Wildman–Crippen MR) is 80.7 cm³/mol. The highest BCUT2D eigenvalue weighted by Crippen LogP contribution is 2.22. The molecular formula is C16H30N2O2. The molecule has 0 aromatic carbocycles. The minimum absolute atomic E-state index is 0.134. The van der Waals surface area contributed by atoms with Crippen LogP contribution in [-0.2, 0) is 9.53 Å². The van der Waals surface area contributed by atoms with E-state index in [1.54, 1.807) is 7.11 Å². The summed E-state index contributed by atoms with van der Waals surface area (Å²) in [6, 6.07) is 0.602. The van der Waals surface area contributed by atoms with Crippen LogP contribution in [0.25, 0.3) is 0 Å². The summed E-state index contributed by atoms with van der Waals surface area (Å²) in [7, 11) is 1.58. The quantitative estimate of drug-likeness (QED) is 0.786. The fraction of sp³-hybridized carbons (Fsp3) is 0.938. The van der Waals surface area contributed by atoms with Crippen LogP contribution in [0.1, 0.15) is 51.4 Å². The van der Waals surface area contributed by atoms with Crippen LogP contribution in [0, 0.1) is 5.92 Å². The number of rotatable bonds is 5. The van der Waals surface area contributed by atoms with Crippen molar-refractivity contribution in [2.75, 3.05) is 33.4 Å². The molecular weight excluding hydrogens is 252 g/mol. The zero-order chi connectivity index (χ0) is 14.2. The van der Waals surface area contributed by atoms with E-state index in [0.717, 1.165) is 31.8 Å². The monoisotopic (exact) mass is 282 g/mol. The van der Waals surface area contributed by atoms with Gasteiger partial charge in [0, 0.05) is 26.2 Å². The van der Waals surface area contributed by atoms with Crippen LogP contribution in [0.4, 0.5) is 0 Å². The summed E-state index contributed by atoms with van der Waals surface area (Å²) in [5, 5.41) is 3.74. The van der Waals surface area contributed by atoms with Crippen LogP contribution >= 0.6 is 0 Å². The van der Waals surface area contributed by atoms with Crippen molar-refractivity contribution in [3.63, 3.8) is 0 Å². The Morgan fingerprint density at radius 3 is 2.35 bits per heavy atom. The summed E-state index contributed by atoms with van der Waals surface area (Å²) in [6.45, 7) is 3.16. The van der Waals surface area contributed by atoms with Gasteiger partial charge in [-0.25, -0.2) is 0 Å². The summed E-state index contributed by atoms with van der Waals surface area (Å²) in [4.78, 5) is 13.7. The molecule has 4 nitrogen and oxygen atoms in total. The molecule has 0 bridgehead atoms. The van der Waals surface area contributed by atoms with Gasteiger partial charge in [0.15, 0.2) is 0 Å². The van der Waals surface area contributed by atoms with Gasteiger partial charge in [0.1, 0.15) is 6.61 Å². The Bertz CT molecular complexity index is 280. The van der Waals surface area contributed by atoms with Crippen LogP contribution in [0.2, 0.25) is 0 Å². The lowest BCUT2D eigenvalue weighted by Gasteiger charge is -2.33. The highest BCUT2D eigenvalue weighted by Gasteiger charge is 2.23.